The standard InChI is InChI=1S/C14H27N3O/c1-6-7-9-18-10-8-17-13(4)14(11(2)15-5)12(3)16-17/h11,15H,6-10H2,1-5H3. The number of aryl methyl sites for hydroxylation is 1. The Balaban J connectivity index is 2.57. The molecule has 0 bridgehead atoms. The molecule has 4 heteroatoms. The van der Waals surface area contributed by atoms with E-state index < -0.39 is 0 Å². The van der Waals surface area contributed by atoms with E-state index in [1.807, 2.05) is 7.05 Å². The summed E-state index contributed by atoms with van der Waals surface area (Å²) in [6.07, 6.45) is 2.32. The summed E-state index contributed by atoms with van der Waals surface area (Å²) in [4.78, 5) is 0. The Bertz CT molecular complexity index is 360. The zero-order valence-corrected chi connectivity index (χ0v) is 12.4. The van der Waals surface area contributed by atoms with Crippen LogP contribution in [-0.2, 0) is 11.3 Å². The number of nitrogens with zero attached hydrogens (tertiary/aromatic N) is 2. The van der Waals surface area contributed by atoms with Gasteiger partial charge < -0.3 is 10.1 Å². The minimum absolute atomic E-state index is 0.347. The van der Waals surface area contributed by atoms with Crippen molar-refractivity contribution >= 4 is 0 Å². The summed E-state index contributed by atoms with van der Waals surface area (Å²) in [6.45, 7) is 11.0. The fourth-order valence-corrected chi connectivity index (χ4v) is 2.20. The smallest absolute Gasteiger partial charge is 0.0662 e. The van der Waals surface area contributed by atoms with Crippen molar-refractivity contribution in [1.29, 1.82) is 0 Å². The molecule has 0 saturated carbocycles. The lowest BCUT2D eigenvalue weighted by atomic mass is 10.1. The lowest BCUT2D eigenvalue weighted by molar-refractivity contribution is 0.120. The second kappa shape index (κ2) is 7.54. The fraction of sp³-hybridized carbons (Fsp3) is 0.786. The molecule has 18 heavy (non-hydrogen) atoms. The van der Waals surface area contributed by atoms with Crippen LogP contribution in [0.25, 0.3) is 0 Å². The highest BCUT2D eigenvalue weighted by molar-refractivity contribution is 5.27. The van der Waals surface area contributed by atoms with Gasteiger partial charge >= 0.3 is 0 Å². The van der Waals surface area contributed by atoms with Crippen molar-refractivity contribution in [3.05, 3.63) is 17.0 Å². The summed E-state index contributed by atoms with van der Waals surface area (Å²) in [5, 5.41) is 7.87. The molecule has 1 heterocycles. The summed E-state index contributed by atoms with van der Waals surface area (Å²) in [5.74, 6) is 0. The zero-order valence-electron chi connectivity index (χ0n) is 12.4. The first-order valence-electron chi connectivity index (χ1n) is 6.90. The van der Waals surface area contributed by atoms with Crippen molar-refractivity contribution in [3.63, 3.8) is 0 Å². The lowest BCUT2D eigenvalue weighted by Gasteiger charge is -2.11. The van der Waals surface area contributed by atoms with E-state index >= 15 is 0 Å². The van der Waals surface area contributed by atoms with E-state index in [9.17, 15) is 0 Å². The Labute approximate surface area is 111 Å². The normalized spacial score (nSPS) is 12.9. The van der Waals surface area contributed by atoms with Gasteiger partial charge in [0.1, 0.15) is 0 Å². The minimum Gasteiger partial charge on any atom is -0.380 e. The van der Waals surface area contributed by atoms with Crippen LogP contribution in [0.3, 0.4) is 0 Å². The summed E-state index contributed by atoms with van der Waals surface area (Å²) in [7, 11) is 1.98. The molecule has 1 aromatic heterocycles. The van der Waals surface area contributed by atoms with Gasteiger partial charge in [-0.2, -0.15) is 5.10 Å². The van der Waals surface area contributed by atoms with Crippen LogP contribution in [0.15, 0.2) is 0 Å². The predicted molar refractivity (Wildman–Crippen MR) is 74.9 cm³/mol. The number of nitrogens with one attached hydrogen (secondary N) is 1. The number of rotatable bonds is 8. The molecule has 0 fully saturated rings. The molecule has 1 aromatic rings. The average molecular weight is 253 g/mol. The Hall–Kier alpha value is -0.870. The molecule has 4 nitrogen and oxygen atoms in total. The third-order valence-corrected chi connectivity index (χ3v) is 3.39. The van der Waals surface area contributed by atoms with Gasteiger partial charge in [-0.1, -0.05) is 13.3 Å². The van der Waals surface area contributed by atoms with Crippen LogP contribution in [0.1, 0.15) is 49.7 Å². The minimum atomic E-state index is 0.347. The third kappa shape index (κ3) is 3.82. The number of unbranched alkanes of at least 4 members (excludes halogenated alkanes) is 1. The molecule has 1 rings (SSSR count). The molecule has 0 amide bonds. The molecule has 0 aliphatic heterocycles. The largest absolute Gasteiger partial charge is 0.380 e. The van der Waals surface area contributed by atoms with E-state index in [-0.39, 0.29) is 0 Å². The first kappa shape index (κ1) is 15.2. The molecule has 1 N–H and O–H groups in total. The van der Waals surface area contributed by atoms with Gasteiger partial charge in [-0.15, -0.1) is 0 Å². The van der Waals surface area contributed by atoms with Gasteiger partial charge in [0.05, 0.1) is 18.8 Å². The van der Waals surface area contributed by atoms with Gasteiger partial charge in [0.25, 0.3) is 0 Å². The molecule has 104 valence electrons. The Kier molecular flexibility index (Phi) is 6.36. The molecule has 0 saturated heterocycles. The highest BCUT2D eigenvalue weighted by atomic mass is 16.5. The molecule has 0 aromatic carbocycles. The van der Waals surface area contributed by atoms with Crippen molar-refractivity contribution in [2.45, 2.75) is 53.1 Å². The Morgan fingerprint density at radius 2 is 2.06 bits per heavy atom. The van der Waals surface area contributed by atoms with Crippen LogP contribution >= 0.6 is 0 Å². The highest BCUT2D eigenvalue weighted by Crippen LogP contribution is 2.20. The van der Waals surface area contributed by atoms with Gasteiger partial charge in [-0.05, 0) is 34.2 Å². The summed E-state index contributed by atoms with van der Waals surface area (Å²) >= 11 is 0. The molecule has 0 aliphatic rings. The number of hydrogen-bond acceptors (Lipinski definition) is 3. The van der Waals surface area contributed by atoms with Crippen molar-refractivity contribution in [3.8, 4) is 0 Å². The van der Waals surface area contributed by atoms with E-state index in [1.165, 1.54) is 17.7 Å². The topological polar surface area (TPSA) is 39.1 Å². The molecular weight excluding hydrogens is 226 g/mol. The van der Waals surface area contributed by atoms with E-state index in [2.05, 4.69) is 42.8 Å². The van der Waals surface area contributed by atoms with Crippen molar-refractivity contribution in [1.82, 2.24) is 15.1 Å². The third-order valence-electron chi connectivity index (χ3n) is 3.39. The van der Waals surface area contributed by atoms with Crippen molar-refractivity contribution < 1.29 is 4.74 Å². The number of hydrogen-bond donors (Lipinski definition) is 1. The maximum atomic E-state index is 5.59. The number of aromatic nitrogens is 2. The summed E-state index contributed by atoms with van der Waals surface area (Å²) < 4.78 is 7.65. The molecule has 0 spiro atoms. The van der Waals surface area contributed by atoms with Gasteiger partial charge in [-0.3, -0.25) is 4.68 Å². The fourth-order valence-electron chi connectivity index (χ4n) is 2.20. The second-order valence-corrected chi connectivity index (χ2v) is 4.78. The lowest BCUT2D eigenvalue weighted by Crippen LogP contribution is -2.15. The van der Waals surface area contributed by atoms with Crippen LogP contribution in [0.2, 0.25) is 0 Å². The molecular formula is C14H27N3O. The van der Waals surface area contributed by atoms with Gasteiger partial charge in [-0.25, -0.2) is 0 Å². The van der Waals surface area contributed by atoms with Crippen molar-refractivity contribution in [2.24, 2.45) is 0 Å². The van der Waals surface area contributed by atoms with E-state index in [1.54, 1.807) is 0 Å². The Morgan fingerprint density at radius 3 is 2.67 bits per heavy atom. The van der Waals surface area contributed by atoms with Crippen LogP contribution in [0, 0.1) is 13.8 Å². The van der Waals surface area contributed by atoms with Gasteiger partial charge in [0.15, 0.2) is 0 Å². The maximum Gasteiger partial charge on any atom is 0.0662 e. The van der Waals surface area contributed by atoms with Gasteiger partial charge in [0, 0.05) is 23.9 Å². The second-order valence-electron chi connectivity index (χ2n) is 4.78. The first-order chi connectivity index (χ1) is 8.61. The quantitative estimate of drug-likeness (QED) is 0.724. The van der Waals surface area contributed by atoms with Crippen LogP contribution < -0.4 is 5.32 Å². The van der Waals surface area contributed by atoms with Crippen LogP contribution in [0.5, 0.6) is 0 Å². The first-order valence-corrected chi connectivity index (χ1v) is 6.90. The van der Waals surface area contributed by atoms with E-state index in [0.29, 0.717) is 6.04 Å². The summed E-state index contributed by atoms with van der Waals surface area (Å²) in [6, 6.07) is 0.347. The molecule has 1 atom stereocenters. The highest BCUT2D eigenvalue weighted by Gasteiger charge is 2.15. The van der Waals surface area contributed by atoms with Crippen molar-refractivity contribution in [2.75, 3.05) is 20.3 Å². The monoisotopic (exact) mass is 253 g/mol. The predicted octanol–water partition coefficient (Wildman–Crippen LogP) is 2.60. The Morgan fingerprint density at radius 1 is 1.33 bits per heavy atom. The van der Waals surface area contributed by atoms with Crippen LogP contribution in [0.4, 0.5) is 0 Å². The number of ether oxygens (including phenoxy) is 1. The molecule has 1 unspecified atom stereocenters. The average Bonchev–Trinajstić information content (AvgIpc) is 2.63. The van der Waals surface area contributed by atoms with E-state index in [0.717, 1.165) is 31.9 Å². The van der Waals surface area contributed by atoms with E-state index in [4.69, 9.17) is 4.74 Å². The van der Waals surface area contributed by atoms with Crippen LogP contribution in [-0.4, -0.2) is 30.0 Å². The van der Waals surface area contributed by atoms with Gasteiger partial charge in [0.2, 0.25) is 0 Å². The molecule has 0 aliphatic carbocycles. The SMILES string of the molecule is CCCCOCCn1nc(C)c(C(C)NC)c1C. The maximum absolute atomic E-state index is 5.59. The zero-order chi connectivity index (χ0) is 13.5. The summed E-state index contributed by atoms with van der Waals surface area (Å²) in [5.41, 5.74) is 3.67. The molecule has 0 radical (unpaired) electrons.